The molecule has 2 rings (SSSR count). The van der Waals surface area contributed by atoms with Crippen LogP contribution in [0.2, 0.25) is 0 Å². The highest BCUT2D eigenvalue weighted by molar-refractivity contribution is 9.10. The maximum absolute atomic E-state index is 11.8. The third-order valence-electron chi connectivity index (χ3n) is 2.65. The Kier molecular flexibility index (Phi) is 3.56. The summed E-state index contributed by atoms with van der Waals surface area (Å²) >= 11 is 3.28. The number of nitrogens with zero attached hydrogens (tertiary/aromatic N) is 1. The van der Waals surface area contributed by atoms with Crippen molar-refractivity contribution >= 4 is 21.8 Å². The number of pyridine rings is 1. The van der Waals surface area contributed by atoms with Crippen LogP contribution in [-0.2, 0) is 4.74 Å². The second kappa shape index (κ2) is 4.93. The van der Waals surface area contributed by atoms with Gasteiger partial charge in [0.05, 0.1) is 12.1 Å². The highest BCUT2D eigenvalue weighted by atomic mass is 79.9. The van der Waals surface area contributed by atoms with Crippen LogP contribution >= 0.6 is 15.9 Å². The molecule has 1 aromatic rings. The first-order valence-electron chi connectivity index (χ1n) is 5.21. The molecule has 1 aliphatic heterocycles. The molecule has 1 N–H and O–H groups in total. The molecule has 2 heterocycles. The first kappa shape index (κ1) is 11.5. The largest absolute Gasteiger partial charge is 0.376 e. The summed E-state index contributed by atoms with van der Waals surface area (Å²) in [5.74, 6) is -0.144. The molecule has 4 nitrogen and oxygen atoms in total. The Morgan fingerprint density at radius 1 is 1.62 bits per heavy atom. The molecule has 0 radical (unpaired) electrons. The van der Waals surface area contributed by atoms with E-state index in [4.69, 9.17) is 4.74 Å². The predicted molar refractivity (Wildman–Crippen MR) is 63.2 cm³/mol. The molecule has 0 spiro atoms. The Bertz CT molecular complexity index is 380. The van der Waals surface area contributed by atoms with E-state index in [0.29, 0.717) is 12.3 Å². The summed E-state index contributed by atoms with van der Waals surface area (Å²) in [6, 6.07) is 3.59. The van der Waals surface area contributed by atoms with Gasteiger partial charge in [-0.25, -0.2) is 4.98 Å². The molecular formula is C11H13BrN2O2. The van der Waals surface area contributed by atoms with E-state index in [-0.39, 0.29) is 18.1 Å². The summed E-state index contributed by atoms with van der Waals surface area (Å²) in [6.07, 6.45) is 2.56. The molecule has 1 fully saturated rings. The number of aromatic nitrogens is 1. The summed E-state index contributed by atoms with van der Waals surface area (Å²) in [7, 11) is 0. The average molecular weight is 285 g/mol. The smallest absolute Gasteiger partial charge is 0.270 e. The van der Waals surface area contributed by atoms with E-state index in [1.54, 1.807) is 18.3 Å². The van der Waals surface area contributed by atoms with E-state index >= 15 is 0 Å². The van der Waals surface area contributed by atoms with Gasteiger partial charge in [0.25, 0.3) is 5.91 Å². The number of carbonyl (C=O) groups is 1. The van der Waals surface area contributed by atoms with Gasteiger partial charge in [-0.05, 0) is 41.4 Å². The molecule has 1 aromatic heterocycles. The Morgan fingerprint density at radius 2 is 2.44 bits per heavy atom. The molecule has 0 saturated carbocycles. The Morgan fingerprint density at radius 3 is 3.00 bits per heavy atom. The molecule has 86 valence electrons. The number of hydrogen-bond donors (Lipinski definition) is 1. The summed E-state index contributed by atoms with van der Waals surface area (Å²) in [6.45, 7) is 2.67. The minimum Gasteiger partial charge on any atom is -0.376 e. The molecule has 16 heavy (non-hydrogen) atoms. The highest BCUT2D eigenvalue weighted by Gasteiger charge is 2.26. The molecule has 1 amide bonds. The number of hydrogen-bond acceptors (Lipinski definition) is 3. The van der Waals surface area contributed by atoms with Crippen molar-refractivity contribution in [2.75, 3.05) is 6.61 Å². The van der Waals surface area contributed by atoms with Crippen LogP contribution in [0, 0.1) is 0 Å². The third kappa shape index (κ3) is 2.59. The Balaban J connectivity index is 2.00. The third-order valence-corrected chi connectivity index (χ3v) is 3.12. The minimum absolute atomic E-state index is 0.0828. The quantitative estimate of drug-likeness (QED) is 0.900. The molecule has 2 unspecified atom stereocenters. The second-order valence-corrected chi connectivity index (χ2v) is 4.72. The predicted octanol–water partition coefficient (Wildman–Crippen LogP) is 1.75. The SMILES string of the molecule is CC1OCCC1NC(=O)c1ccc(Br)cn1. The van der Waals surface area contributed by atoms with Crippen LogP contribution < -0.4 is 5.32 Å². The van der Waals surface area contributed by atoms with E-state index in [1.807, 2.05) is 6.92 Å². The molecule has 0 aromatic carbocycles. The zero-order valence-electron chi connectivity index (χ0n) is 8.94. The number of carbonyl (C=O) groups excluding carboxylic acids is 1. The van der Waals surface area contributed by atoms with Crippen LogP contribution in [-0.4, -0.2) is 29.6 Å². The molecule has 0 aliphatic carbocycles. The number of rotatable bonds is 2. The van der Waals surface area contributed by atoms with Crippen molar-refractivity contribution in [2.45, 2.75) is 25.5 Å². The van der Waals surface area contributed by atoms with Gasteiger partial charge < -0.3 is 10.1 Å². The lowest BCUT2D eigenvalue weighted by molar-refractivity contribution is 0.0862. The van der Waals surface area contributed by atoms with Crippen molar-refractivity contribution in [3.63, 3.8) is 0 Å². The lowest BCUT2D eigenvalue weighted by atomic mass is 10.1. The van der Waals surface area contributed by atoms with Gasteiger partial charge in [-0.15, -0.1) is 0 Å². The van der Waals surface area contributed by atoms with E-state index in [1.165, 1.54) is 0 Å². The van der Waals surface area contributed by atoms with Crippen LogP contribution in [0.25, 0.3) is 0 Å². The summed E-state index contributed by atoms with van der Waals surface area (Å²) in [5, 5.41) is 2.92. The van der Waals surface area contributed by atoms with Gasteiger partial charge in [-0.3, -0.25) is 4.79 Å². The van der Waals surface area contributed by atoms with Crippen molar-refractivity contribution in [3.05, 3.63) is 28.5 Å². The molecule has 1 saturated heterocycles. The van der Waals surface area contributed by atoms with Gasteiger partial charge in [0.15, 0.2) is 0 Å². The first-order chi connectivity index (χ1) is 7.66. The van der Waals surface area contributed by atoms with Crippen molar-refractivity contribution in [1.29, 1.82) is 0 Å². The number of halogens is 1. The second-order valence-electron chi connectivity index (χ2n) is 3.81. The number of ether oxygens (including phenoxy) is 1. The van der Waals surface area contributed by atoms with Gasteiger partial charge in [0.1, 0.15) is 5.69 Å². The fourth-order valence-electron chi connectivity index (χ4n) is 1.67. The van der Waals surface area contributed by atoms with E-state index in [0.717, 1.165) is 10.9 Å². The van der Waals surface area contributed by atoms with Gasteiger partial charge in [0.2, 0.25) is 0 Å². The normalized spacial score (nSPS) is 24.4. The molecule has 0 bridgehead atoms. The van der Waals surface area contributed by atoms with E-state index < -0.39 is 0 Å². The van der Waals surface area contributed by atoms with Crippen molar-refractivity contribution in [1.82, 2.24) is 10.3 Å². The maximum atomic E-state index is 11.8. The van der Waals surface area contributed by atoms with E-state index in [2.05, 4.69) is 26.2 Å². The summed E-state index contributed by atoms with van der Waals surface area (Å²) in [4.78, 5) is 15.9. The zero-order valence-corrected chi connectivity index (χ0v) is 10.5. The summed E-state index contributed by atoms with van der Waals surface area (Å²) in [5.41, 5.74) is 0.433. The van der Waals surface area contributed by atoms with Crippen LogP contribution in [0.1, 0.15) is 23.8 Å². The molecule has 1 aliphatic rings. The van der Waals surface area contributed by atoms with Crippen molar-refractivity contribution < 1.29 is 9.53 Å². The van der Waals surface area contributed by atoms with Crippen molar-refractivity contribution in [2.24, 2.45) is 0 Å². The monoisotopic (exact) mass is 284 g/mol. The van der Waals surface area contributed by atoms with Crippen LogP contribution in [0.5, 0.6) is 0 Å². The van der Waals surface area contributed by atoms with Crippen LogP contribution in [0.4, 0.5) is 0 Å². The Hall–Kier alpha value is -0.940. The summed E-state index contributed by atoms with van der Waals surface area (Å²) < 4.78 is 6.24. The standard InChI is InChI=1S/C11H13BrN2O2/c1-7-9(4-5-16-7)14-11(15)10-3-2-8(12)6-13-10/h2-3,6-7,9H,4-5H2,1H3,(H,14,15). The van der Waals surface area contributed by atoms with Gasteiger partial charge in [-0.2, -0.15) is 0 Å². The highest BCUT2D eigenvalue weighted by Crippen LogP contribution is 2.13. The van der Waals surface area contributed by atoms with Crippen molar-refractivity contribution in [3.8, 4) is 0 Å². The molecule has 5 heteroatoms. The van der Waals surface area contributed by atoms with Gasteiger partial charge in [0, 0.05) is 17.3 Å². The topological polar surface area (TPSA) is 51.2 Å². The molecular weight excluding hydrogens is 272 g/mol. The lowest BCUT2D eigenvalue weighted by Crippen LogP contribution is -2.39. The fourth-order valence-corrected chi connectivity index (χ4v) is 1.91. The number of amides is 1. The zero-order chi connectivity index (χ0) is 11.5. The number of nitrogens with one attached hydrogen (secondary N) is 1. The Labute approximate surface area is 103 Å². The fraction of sp³-hybridized carbons (Fsp3) is 0.455. The van der Waals surface area contributed by atoms with E-state index in [9.17, 15) is 4.79 Å². The van der Waals surface area contributed by atoms with Crippen LogP contribution in [0.3, 0.4) is 0 Å². The first-order valence-corrected chi connectivity index (χ1v) is 6.00. The average Bonchev–Trinajstić information content (AvgIpc) is 2.65. The van der Waals surface area contributed by atoms with Gasteiger partial charge >= 0.3 is 0 Å². The molecule has 2 atom stereocenters. The minimum atomic E-state index is -0.144. The maximum Gasteiger partial charge on any atom is 0.270 e. The van der Waals surface area contributed by atoms with Crippen LogP contribution in [0.15, 0.2) is 22.8 Å². The van der Waals surface area contributed by atoms with Gasteiger partial charge in [-0.1, -0.05) is 0 Å². The lowest BCUT2D eigenvalue weighted by Gasteiger charge is -2.15.